The molecular formula is C21H27F2N5O. The molecule has 2 saturated heterocycles. The van der Waals surface area contributed by atoms with Crippen molar-refractivity contribution < 1.29 is 13.9 Å². The second kappa shape index (κ2) is 8.49. The van der Waals surface area contributed by atoms with Gasteiger partial charge in [0.1, 0.15) is 5.82 Å². The summed E-state index contributed by atoms with van der Waals surface area (Å²) in [5.74, 6) is 0.958. The largest absolute Gasteiger partial charge is 0.391 e. The van der Waals surface area contributed by atoms with Gasteiger partial charge < -0.3 is 20.2 Å². The first-order valence-electron chi connectivity index (χ1n) is 10.2. The van der Waals surface area contributed by atoms with Crippen LogP contribution in [0.5, 0.6) is 0 Å². The van der Waals surface area contributed by atoms with Gasteiger partial charge in [0.25, 0.3) is 0 Å². The molecule has 3 heterocycles. The Morgan fingerprint density at radius 3 is 2.45 bits per heavy atom. The highest BCUT2D eigenvalue weighted by Gasteiger charge is 2.33. The number of rotatable bonds is 5. The average Bonchev–Trinajstić information content (AvgIpc) is 3.07. The molecule has 0 spiro atoms. The van der Waals surface area contributed by atoms with Gasteiger partial charge in [-0.25, -0.2) is 13.8 Å². The van der Waals surface area contributed by atoms with Crippen LogP contribution in [0, 0.1) is 0 Å². The van der Waals surface area contributed by atoms with Crippen LogP contribution in [0.15, 0.2) is 30.3 Å². The summed E-state index contributed by atoms with van der Waals surface area (Å²) in [5, 5.41) is 13.1. The van der Waals surface area contributed by atoms with E-state index in [1.807, 2.05) is 31.2 Å². The van der Waals surface area contributed by atoms with Crippen molar-refractivity contribution >= 4 is 23.1 Å². The maximum atomic E-state index is 13.6. The minimum atomic E-state index is -1.48. The van der Waals surface area contributed by atoms with Crippen LogP contribution < -0.4 is 15.1 Å². The SMILES string of the molecule is CCc1cc(N2C[C@H](F)[C@@H](F)C2)nc(Nc2ccc(N3CCCC(O)C3)cc2)n1. The van der Waals surface area contributed by atoms with Gasteiger partial charge >= 0.3 is 0 Å². The molecule has 2 aliphatic heterocycles. The molecule has 2 aliphatic rings. The van der Waals surface area contributed by atoms with E-state index in [2.05, 4.69) is 20.2 Å². The molecule has 8 heteroatoms. The summed E-state index contributed by atoms with van der Waals surface area (Å²) >= 11 is 0. The third-order valence-electron chi connectivity index (χ3n) is 5.52. The summed E-state index contributed by atoms with van der Waals surface area (Å²) < 4.78 is 27.2. The van der Waals surface area contributed by atoms with Gasteiger partial charge in [-0.05, 0) is 43.5 Å². The van der Waals surface area contributed by atoms with E-state index in [1.54, 1.807) is 11.0 Å². The van der Waals surface area contributed by atoms with E-state index < -0.39 is 12.3 Å². The topological polar surface area (TPSA) is 64.5 Å². The molecule has 2 fully saturated rings. The number of nitrogens with one attached hydrogen (secondary N) is 1. The van der Waals surface area contributed by atoms with Gasteiger partial charge in [0.2, 0.25) is 5.95 Å². The van der Waals surface area contributed by atoms with Crippen LogP contribution in [-0.2, 0) is 6.42 Å². The first-order chi connectivity index (χ1) is 14.0. The van der Waals surface area contributed by atoms with Crippen molar-refractivity contribution in [1.29, 1.82) is 0 Å². The van der Waals surface area contributed by atoms with E-state index >= 15 is 0 Å². The molecule has 0 amide bonds. The van der Waals surface area contributed by atoms with Gasteiger partial charge in [-0.2, -0.15) is 4.98 Å². The van der Waals surface area contributed by atoms with E-state index in [0.29, 0.717) is 24.7 Å². The van der Waals surface area contributed by atoms with Crippen molar-refractivity contribution in [3.8, 4) is 0 Å². The van der Waals surface area contributed by atoms with Crippen LogP contribution in [-0.4, -0.2) is 59.7 Å². The minimum absolute atomic E-state index is 0.0111. The van der Waals surface area contributed by atoms with Gasteiger partial charge in [0, 0.05) is 36.2 Å². The molecule has 0 bridgehead atoms. The predicted octanol–water partition coefficient (Wildman–Crippen LogP) is 3.24. The van der Waals surface area contributed by atoms with Gasteiger partial charge in [-0.3, -0.25) is 0 Å². The van der Waals surface area contributed by atoms with E-state index in [1.165, 1.54) is 0 Å². The lowest BCUT2D eigenvalue weighted by molar-refractivity contribution is 0.154. The zero-order valence-corrected chi connectivity index (χ0v) is 16.6. The summed E-state index contributed by atoms with van der Waals surface area (Å²) in [6, 6.07) is 9.70. The Labute approximate surface area is 169 Å². The average molecular weight is 403 g/mol. The number of aromatic nitrogens is 2. The fourth-order valence-corrected chi connectivity index (χ4v) is 3.87. The van der Waals surface area contributed by atoms with Crippen LogP contribution in [0.3, 0.4) is 0 Å². The molecule has 6 nitrogen and oxygen atoms in total. The van der Waals surface area contributed by atoms with Crippen LogP contribution >= 0.6 is 0 Å². The molecule has 3 atom stereocenters. The number of anilines is 4. The zero-order valence-electron chi connectivity index (χ0n) is 16.6. The molecule has 0 saturated carbocycles. The highest BCUT2D eigenvalue weighted by molar-refractivity contribution is 5.60. The van der Waals surface area contributed by atoms with E-state index in [9.17, 15) is 13.9 Å². The van der Waals surface area contributed by atoms with Crippen LogP contribution in [0.4, 0.5) is 31.9 Å². The highest BCUT2D eigenvalue weighted by Crippen LogP contribution is 2.26. The molecule has 4 rings (SSSR count). The van der Waals surface area contributed by atoms with Crippen molar-refractivity contribution in [3.63, 3.8) is 0 Å². The predicted molar refractivity (Wildman–Crippen MR) is 111 cm³/mol. The van der Waals surface area contributed by atoms with E-state index in [4.69, 9.17) is 0 Å². The smallest absolute Gasteiger partial charge is 0.229 e. The molecule has 2 aromatic rings. The standard InChI is InChI=1S/C21H27F2N5O/c1-2-14-10-20(28-12-18(22)19(23)13-28)26-21(24-14)25-15-5-7-16(8-6-15)27-9-3-4-17(29)11-27/h5-8,10,17-19,29H,2-4,9,11-13H2,1H3,(H,24,25,26)/t17?,18-,19-/m0/s1. The molecule has 1 unspecified atom stereocenters. The monoisotopic (exact) mass is 403 g/mol. The molecule has 156 valence electrons. The lowest BCUT2D eigenvalue weighted by atomic mass is 10.1. The van der Waals surface area contributed by atoms with E-state index in [0.717, 1.165) is 36.5 Å². The Morgan fingerprint density at radius 2 is 1.79 bits per heavy atom. The number of aryl methyl sites for hydroxylation is 1. The van der Waals surface area contributed by atoms with Gasteiger partial charge in [-0.1, -0.05) is 6.92 Å². The number of benzene rings is 1. The number of alkyl halides is 2. The number of hydrogen-bond acceptors (Lipinski definition) is 6. The minimum Gasteiger partial charge on any atom is -0.391 e. The first-order valence-corrected chi connectivity index (χ1v) is 10.2. The molecule has 0 aliphatic carbocycles. The quantitative estimate of drug-likeness (QED) is 0.799. The fourth-order valence-electron chi connectivity index (χ4n) is 3.87. The summed E-state index contributed by atoms with van der Waals surface area (Å²) in [7, 11) is 0. The molecule has 0 radical (unpaired) electrons. The third kappa shape index (κ3) is 4.58. The molecule has 2 N–H and O–H groups in total. The van der Waals surface area contributed by atoms with E-state index in [-0.39, 0.29) is 19.2 Å². The Morgan fingerprint density at radius 1 is 1.07 bits per heavy atom. The number of halogens is 2. The van der Waals surface area contributed by atoms with Crippen molar-refractivity contribution in [2.24, 2.45) is 0 Å². The number of β-amino-alcohol motifs (C(OH)–C–C–N with tert-alkyl or cyclic N) is 1. The number of piperidine rings is 1. The number of aliphatic hydroxyl groups excluding tert-OH is 1. The van der Waals surface area contributed by atoms with Crippen LogP contribution in [0.1, 0.15) is 25.5 Å². The maximum Gasteiger partial charge on any atom is 0.229 e. The summed E-state index contributed by atoms with van der Waals surface area (Å²) in [6.45, 7) is 3.60. The molecule has 1 aromatic carbocycles. The Hall–Kier alpha value is -2.48. The van der Waals surface area contributed by atoms with Crippen LogP contribution in [0.2, 0.25) is 0 Å². The number of nitrogens with zero attached hydrogens (tertiary/aromatic N) is 4. The van der Waals surface area contributed by atoms with Crippen molar-refractivity contribution in [3.05, 3.63) is 36.0 Å². The third-order valence-corrected chi connectivity index (χ3v) is 5.52. The Balaban J connectivity index is 1.49. The highest BCUT2D eigenvalue weighted by atomic mass is 19.2. The summed E-state index contributed by atoms with van der Waals surface area (Å²) in [5.41, 5.74) is 2.71. The number of aliphatic hydroxyl groups is 1. The normalized spacial score (nSPS) is 24.8. The Kier molecular flexibility index (Phi) is 5.80. The first kappa shape index (κ1) is 19.8. The maximum absolute atomic E-state index is 13.6. The fraction of sp³-hybridized carbons (Fsp3) is 0.524. The van der Waals surface area contributed by atoms with Gasteiger partial charge in [0.15, 0.2) is 12.3 Å². The summed E-state index contributed by atoms with van der Waals surface area (Å²) in [6.07, 6.45) is -0.695. The molecule has 1 aromatic heterocycles. The molecular weight excluding hydrogens is 376 g/mol. The second-order valence-corrected chi connectivity index (χ2v) is 7.75. The second-order valence-electron chi connectivity index (χ2n) is 7.75. The number of hydrogen-bond donors (Lipinski definition) is 2. The summed E-state index contributed by atoms with van der Waals surface area (Å²) in [4.78, 5) is 12.8. The van der Waals surface area contributed by atoms with Gasteiger partial charge in [-0.15, -0.1) is 0 Å². The van der Waals surface area contributed by atoms with Crippen molar-refractivity contribution in [2.75, 3.05) is 41.3 Å². The van der Waals surface area contributed by atoms with Gasteiger partial charge in [0.05, 0.1) is 19.2 Å². The van der Waals surface area contributed by atoms with Crippen molar-refractivity contribution in [1.82, 2.24) is 9.97 Å². The lowest BCUT2D eigenvalue weighted by Crippen LogP contribution is -2.38. The molecule has 29 heavy (non-hydrogen) atoms. The lowest BCUT2D eigenvalue weighted by Gasteiger charge is -2.32. The van der Waals surface area contributed by atoms with Crippen LogP contribution in [0.25, 0.3) is 0 Å². The zero-order chi connectivity index (χ0) is 20.4. The van der Waals surface area contributed by atoms with Crippen molar-refractivity contribution in [2.45, 2.75) is 44.6 Å². The Bertz CT molecular complexity index is 824.